The van der Waals surface area contributed by atoms with Gasteiger partial charge in [0.25, 0.3) is 0 Å². The summed E-state index contributed by atoms with van der Waals surface area (Å²) in [5.74, 6) is -0.653. The summed E-state index contributed by atoms with van der Waals surface area (Å²) in [5, 5.41) is 3.18. The summed E-state index contributed by atoms with van der Waals surface area (Å²) in [6.07, 6.45) is 0. The van der Waals surface area contributed by atoms with Crippen molar-refractivity contribution in [3.05, 3.63) is 64.9 Å². The molecule has 25 heavy (non-hydrogen) atoms. The average molecular weight is 385 g/mol. The Morgan fingerprint density at radius 2 is 1.80 bits per heavy atom. The molecule has 0 saturated heterocycles. The molecule has 136 valence electrons. The van der Waals surface area contributed by atoms with Gasteiger partial charge in [-0.05, 0) is 44.5 Å². The van der Waals surface area contributed by atoms with Crippen molar-refractivity contribution in [1.29, 1.82) is 0 Å². The largest absolute Gasteiger partial charge is 0.304 e. The lowest BCUT2D eigenvalue weighted by atomic mass is 10.0. The van der Waals surface area contributed by atoms with Crippen LogP contribution in [0.15, 0.2) is 53.4 Å². The molecule has 0 amide bonds. The predicted molar refractivity (Wildman–Crippen MR) is 98.7 cm³/mol. The molecule has 0 aliphatic carbocycles. The molecule has 2 aromatic carbocycles. The highest BCUT2D eigenvalue weighted by molar-refractivity contribution is 7.89. The first kappa shape index (κ1) is 19.8. The van der Waals surface area contributed by atoms with Crippen LogP contribution in [0.3, 0.4) is 0 Å². The molecule has 1 atom stereocenters. The minimum absolute atomic E-state index is 0.0565. The van der Waals surface area contributed by atoms with E-state index < -0.39 is 21.4 Å². The molecule has 0 heterocycles. The fourth-order valence-corrected chi connectivity index (χ4v) is 3.95. The molecule has 2 aromatic rings. The van der Waals surface area contributed by atoms with Crippen molar-refractivity contribution in [1.82, 2.24) is 10.0 Å². The molecule has 0 fully saturated rings. The topological polar surface area (TPSA) is 58.2 Å². The Morgan fingerprint density at radius 3 is 2.40 bits per heavy atom. The Morgan fingerprint density at radius 1 is 1.16 bits per heavy atom. The zero-order chi connectivity index (χ0) is 18.7. The second-order valence-electron chi connectivity index (χ2n) is 6.56. The van der Waals surface area contributed by atoms with Gasteiger partial charge in [-0.2, -0.15) is 0 Å². The molecule has 0 aromatic heterocycles. The molecule has 2 rings (SSSR count). The Kier molecular flexibility index (Phi) is 6.21. The van der Waals surface area contributed by atoms with E-state index in [1.165, 1.54) is 6.07 Å². The molecular weight excluding hydrogens is 363 g/mol. The molecule has 0 bridgehead atoms. The SMILES string of the molecule is CC(NC(C)(C)CNS(=O)(=O)c1ccc(F)c(Cl)c1)c1ccccc1. The summed E-state index contributed by atoms with van der Waals surface area (Å²) in [5.41, 5.74) is 0.621. The van der Waals surface area contributed by atoms with Gasteiger partial charge in [0.2, 0.25) is 10.0 Å². The Balaban J connectivity index is 2.03. The van der Waals surface area contributed by atoms with Gasteiger partial charge in [-0.1, -0.05) is 41.9 Å². The van der Waals surface area contributed by atoms with Crippen molar-refractivity contribution < 1.29 is 12.8 Å². The number of sulfonamides is 1. The van der Waals surface area contributed by atoms with Crippen LogP contribution in [0.2, 0.25) is 5.02 Å². The molecule has 7 heteroatoms. The standard InChI is InChI=1S/C18H22ClFN2O2S/c1-13(14-7-5-4-6-8-14)22-18(2,3)12-21-25(23,24)15-9-10-17(20)16(19)11-15/h4-11,13,21-22H,12H2,1-3H3. The highest BCUT2D eigenvalue weighted by atomic mass is 35.5. The van der Waals surface area contributed by atoms with E-state index in [-0.39, 0.29) is 22.5 Å². The van der Waals surface area contributed by atoms with Crippen LogP contribution < -0.4 is 10.0 Å². The highest BCUT2D eigenvalue weighted by Gasteiger charge is 2.24. The molecule has 4 nitrogen and oxygen atoms in total. The fourth-order valence-electron chi connectivity index (χ4n) is 2.46. The van der Waals surface area contributed by atoms with Gasteiger partial charge in [-0.15, -0.1) is 0 Å². The van der Waals surface area contributed by atoms with Crippen LogP contribution in [0.4, 0.5) is 4.39 Å². The number of hydrogen-bond donors (Lipinski definition) is 2. The van der Waals surface area contributed by atoms with Crippen molar-refractivity contribution in [2.45, 2.75) is 37.2 Å². The van der Waals surface area contributed by atoms with Gasteiger partial charge in [-0.3, -0.25) is 0 Å². The molecule has 0 radical (unpaired) electrons. The monoisotopic (exact) mass is 384 g/mol. The van der Waals surface area contributed by atoms with Crippen molar-refractivity contribution in [3.63, 3.8) is 0 Å². The summed E-state index contributed by atoms with van der Waals surface area (Å²) in [6.45, 7) is 6.01. The third-order valence-electron chi connectivity index (χ3n) is 3.81. The van der Waals surface area contributed by atoms with Crippen LogP contribution >= 0.6 is 11.6 Å². The Bertz CT molecular complexity index is 826. The van der Waals surface area contributed by atoms with E-state index in [2.05, 4.69) is 10.0 Å². The van der Waals surface area contributed by atoms with Crippen molar-refractivity contribution >= 4 is 21.6 Å². The van der Waals surface area contributed by atoms with E-state index in [1.54, 1.807) is 0 Å². The lowest BCUT2D eigenvalue weighted by Gasteiger charge is -2.30. The predicted octanol–water partition coefficient (Wildman–Crippen LogP) is 3.89. The molecular formula is C18H22ClFN2O2S. The summed E-state index contributed by atoms with van der Waals surface area (Å²) < 4.78 is 40.5. The summed E-state index contributed by atoms with van der Waals surface area (Å²) >= 11 is 5.67. The third kappa shape index (κ3) is 5.51. The van der Waals surface area contributed by atoms with E-state index in [4.69, 9.17) is 11.6 Å². The van der Waals surface area contributed by atoms with Crippen LogP contribution in [-0.2, 0) is 10.0 Å². The molecule has 2 N–H and O–H groups in total. The second-order valence-corrected chi connectivity index (χ2v) is 8.74. The lowest BCUT2D eigenvalue weighted by molar-refractivity contribution is 0.346. The number of rotatable bonds is 7. The molecule has 0 aliphatic rings. The first-order valence-corrected chi connectivity index (χ1v) is 9.74. The zero-order valence-corrected chi connectivity index (χ0v) is 16.0. The van der Waals surface area contributed by atoms with E-state index in [0.717, 1.165) is 17.7 Å². The van der Waals surface area contributed by atoms with Crippen molar-refractivity contribution in [3.8, 4) is 0 Å². The quantitative estimate of drug-likeness (QED) is 0.761. The van der Waals surface area contributed by atoms with Crippen LogP contribution in [0.25, 0.3) is 0 Å². The minimum atomic E-state index is -3.77. The van der Waals surface area contributed by atoms with E-state index in [1.807, 2.05) is 51.1 Å². The normalized spacial score (nSPS) is 13.6. The van der Waals surface area contributed by atoms with Crippen LogP contribution in [0, 0.1) is 5.82 Å². The smallest absolute Gasteiger partial charge is 0.240 e. The van der Waals surface area contributed by atoms with Gasteiger partial charge in [0.05, 0.1) is 9.92 Å². The Labute approximate surface area is 153 Å². The fraction of sp³-hybridized carbons (Fsp3) is 0.333. The van der Waals surface area contributed by atoms with Crippen molar-refractivity contribution in [2.75, 3.05) is 6.54 Å². The molecule has 1 unspecified atom stereocenters. The second kappa shape index (κ2) is 7.83. The van der Waals surface area contributed by atoms with Gasteiger partial charge >= 0.3 is 0 Å². The highest BCUT2D eigenvalue weighted by Crippen LogP contribution is 2.20. The zero-order valence-electron chi connectivity index (χ0n) is 14.4. The van der Waals surface area contributed by atoms with Gasteiger partial charge in [0.15, 0.2) is 0 Å². The van der Waals surface area contributed by atoms with Crippen molar-refractivity contribution in [2.24, 2.45) is 0 Å². The van der Waals surface area contributed by atoms with Crippen LogP contribution in [0.1, 0.15) is 32.4 Å². The van der Waals surface area contributed by atoms with Gasteiger partial charge in [0.1, 0.15) is 5.82 Å². The summed E-state index contributed by atoms with van der Waals surface area (Å²) in [4.78, 5) is -0.0641. The summed E-state index contributed by atoms with van der Waals surface area (Å²) in [7, 11) is -3.77. The van der Waals surface area contributed by atoms with Gasteiger partial charge in [-0.25, -0.2) is 17.5 Å². The maximum atomic E-state index is 13.2. The summed E-state index contributed by atoms with van der Waals surface area (Å²) in [6, 6.07) is 13.3. The minimum Gasteiger partial charge on any atom is -0.304 e. The number of hydrogen-bond acceptors (Lipinski definition) is 3. The number of halogens is 2. The molecule has 0 aliphatic heterocycles. The van der Waals surface area contributed by atoms with Crippen LogP contribution in [-0.4, -0.2) is 20.5 Å². The lowest BCUT2D eigenvalue weighted by Crippen LogP contribution is -2.49. The first-order valence-electron chi connectivity index (χ1n) is 7.88. The van der Waals surface area contributed by atoms with E-state index in [9.17, 15) is 12.8 Å². The maximum absolute atomic E-state index is 13.2. The van der Waals surface area contributed by atoms with Crippen LogP contribution in [0.5, 0.6) is 0 Å². The van der Waals surface area contributed by atoms with E-state index >= 15 is 0 Å². The third-order valence-corrected chi connectivity index (χ3v) is 5.50. The van der Waals surface area contributed by atoms with Gasteiger partial charge in [0, 0.05) is 18.1 Å². The van der Waals surface area contributed by atoms with E-state index in [0.29, 0.717) is 0 Å². The number of benzene rings is 2. The molecule has 0 saturated carbocycles. The average Bonchev–Trinajstić information content (AvgIpc) is 2.56. The number of nitrogens with one attached hydrogen (secondary N) is 2. The Hall–Kier alpha value is -1.47. The van der Waals surface area contributed by atoms with Gasteiger partial charge < -0.3 is 5.32 Å². The molecule has 0 spiro atoms. The maximum Gasteiger partial charge on any atom is 0.240 e. The first-order chi connectivity index (χ1) is 11.6.